The molecule has 1 heterocycles. The molecule has 0 bridgehead atoms. The number of amides is 1. The lowest BCUT2D eigenvalue weighted by Crippen LogP contribution is -2.35. The van der Waals surface area contributed by atoms with Crippen LogP contribution in [0.1, 0.15) is 54.6 Å². The molecule has 2 fully saturated rings. The number of non-ortho nitro benzene ring substituents is 1. The molecule has 0 unspecified atom stereocenters. The number of nitrogens with one attached hydrogen (secondary N) is 1. The SMILES string of the molecule is CC1CCN(c2ccc([N+](=O)[O-])cc2C(=O)O[C@H](C(=O)NC2CC2)c2ccccc2)CC1. The highest BCUT2D eigenvalue weighted by Gasteiger charge is 2.32. The fraction of sp³-hybridized carbons (Fsp3) is 0.417. The average molecular weight is 437 g/mol. The Balaban J connectivity index is 1.64. The van der Waals surface area contributed by atoms with Crippen LogP contribution < -0.4 is 10.2 Å². The minimum Gasteiger partial charge on any atom is -0.444 e. The molecule has 1 atom stereocenters. The number of carbonyl (C=O) groups is 2. The van der Waals surface area contributed by atoms with E-state index < -0.39 is 17.0 Å². The van der Waals surface area contributed by atoms with Crippen LogP contribution in [0.15, 0.2) is 48.5 Å². The lowest BCUT2D eigenvalue weighted by Gasteiger charge is -2.33. The molecule has 1 saturated heterocycles. The number of piperidine rings is 1. The van der Waals surface area contributed by atoms with Crippen molar-refractivity contribution in [1.29, 1.82) is 0 Å². The molecule has 1 saturated carbocycles. The number of nitrogens with zero attached hydrogens (tertiary/aromatic N) is 2. The topological polar surface area (TPSA) is 102 Å². The van der Waals surface area contributed by atoms with Gasteiger partial charge in [0.15, 0.2) is 0 Å². The number of hydrogen-bond acceptors (Lipinski definition) is 6. The summed E-state index contributed by atoms with van der Waals surface area (Å²) in [5, 5.41) is 14.2. The summed E-state index contributed by atoms with van der Waals surface area (Å²) in [4.78, 5) is 39.0. The first-order valence-electron chi connectivity index (χ1n) is 11.0. The Morgan fingerprint density at radius 1 is 1.09 bits per heavy atom. The van der Waals surface area contributed by atoms with Gasteiger partial charge < -0.3 is 15.0 Å². The zero-order valence-electron chi connectivity index (χ0n) is 18.0. The van der Waals surface area contributed by atoms with Crippen LogP contribution in [0.5, 0.6) is 0 Å². The molecular formula is C24H27N3O5. The predicted molar refractivity (Wildman–Crippen MR) is 119 cm³/mol. The maximum atomic E-state index is 13.3. The molecule has 0 aromatic heterocycles. The van der Waals surface area contributed by atoms with Gasteiger partial charge in [0.25, 0.3) is 11.6 Å². The van der Waals surface area contributed by atoms with Crippen LogP contribution in [0.4, 0.5) is 11.4 Å². The van der Waals surface area contributed by atoms with Gasteiger partial charge >= 0.3 is 5.97 Å². The summed E-state index contributed by atoms with van der Waals surface area (Å²) >= 11 is 0. The number of carbonyl (C=O) groups excluding carboxylic acids is 2. The van der Waals surface area contributed by atoms with Crippen LogP contribution >= 0.6 is 0 Å². The van der Waals surface area contributed by atoms with Gasteiger partial charge in [-0.25, -0.2) is 4.79 Å². The second-order valence-electron chi connectivity index (χ2n) is 8.61. The molecule has 2 aromatic carbocycles. The van der Waals surface area contributed by atoms with Gasteiger partial charge in [-0.2, -0.15) is 0 Å². The van der Waals surface area contributed by atoms with E-state index in [1.807, 2.05) is 6.07 Å². The van der Waals surface area contributed by atoms with Gasteiger partial charge in [0, 0.05) is 36.8 Å². The maximum Gasteiger partial charge on any atom is 0.341 e. The van der Waals surface area contributed by atoms with E-state index in [0.717, 1.165) is 38.8 Å². The van der Waals surface area contributed by atoms with Gasteiger partial charge in [0.05, 0.1) is 16.2 Å². The fourth-order valence-electron chi connectivity index (χ4n) is 3.90. The molecule has 4 rings (SSSR count). The van der Waals surface area contributed by atoms with Crippen molar-refractivity contribution in [3.05, 3.63) is 69.8 Å². The molecule has 8 nitrogen and oxygen atoms in total. The number of hydrogen-bond donors (Lipinski definition) is 1. The highest BCUT2D eigenvalue weighted by atomic mass is 16.6. The van der Waals surface area contributed by atoms with Crippen LogP contribution in [0.3, 0.4) is 0 Å². The highest BCUT2D eigenvalue weighted by molar-refractivity contribution is 5.98. The Kier molecular flexibility index (Phi) is 6.39. The van der Waals surface area contributed by atoms with E-state index in [1.54, 1.807) is 30.3 Å². The van der Waals surface area contributed by atoms with E-state index in [4.69, 9.17) is 4.74 Å². The lowest BCUT2D eigenvalue weighted by atomic mass is 9.98. The second kappa shape index (κ2) is 9.38. The number of rotatable bonds is 7. The Morgan fingerprint density at radius 2 is 1.78 bits per heavy atom. The van der Waals surface area contributed by atoms with Crippen molar-refractivity contribution >= 4 is 23.3 Å². The summed E-state index contributed by atoms with van der Waals surface area (Å²) in [5.74, 6) is -0.541. The summed E-state index contributed by atoms with van der Waals surface area (Å²) in [6.45, 7) is 3.69. The summed E-state index contributed by atoms with van der Waals surface area (Å²) in [5.41, 5.74) is 1.07. The zero-order chi connectivity index (χ0) is 22.7. The van der Waals surface area contributed by atoms with Gasteiger partial charge in [0.2, 0.25) is 6.10 Å². The van der Waals surface area contributed by atoms with E-state index in [1.165, 1.54) is 12.1 Å². The molecule has 1 N–H and O–H groups in total. The summed E-state index contributed by atoms with van der Waals surface area (Å²) in [6, 6.07) is 13.2. The Morgan fingerprint density at radius 3 is 2.41 bits per heavy atom. The first-order chi connectivity index (χ1) is 15.4. The summed E-state index contributed by atoms with van der Waals surface area (Å²) in [6.07, 6.45) is 2.63. The Bertz CT molecular complexity index is 998. The Hall–Kier alpha value is -3.42. The minimum absolute atomic E-state index is 0.105. The molecule has 168 valence electrons. The minimum atomic E-state index is -1.13. The van der Waals surface area contributed by atoms with Crippen LogP contribution in [-0.2, 0) is 9.53 Å². The summed E-state index contributed by atoms with van der Waals surface area (Å²) in [7, 11) is 0. The smallest absolute Gasteiger partial charge is 0.341 e. The maximum absolute atomic E-state index is 13.3. The third kappa shape index (κ3) is 5.07. The largest absolute Gasteiger partial charge is 0.444 e. The molecule has 1 aliphatic heterocycles. The summed E-state index contributed by atoms with van der Waals surface area (Å²) < 4.78 is 5.70. The van der Waals surface area contributed by atoms with Crippen molar-refractivity contribution in [1.82, 2.24) is 5.32 Å². The fourth-order valence-corrected chi connectivity index (χ4v) is 3.90. The highest BCUT2D eigenvalue weighted by Crippen LogP contribution is 2.31. The van der Waals surface area contributed by atoms with Gasteiger partial charge in [-0.15, -0.1) is 0 Å². The van der Waals surface area contributed by atoms with E-state index in [0.29, 0.717) is 17.2 Å². The van der Waals surface area contributed by atoms with Crippen LogP contribution in [0.2, 0.25) is 0 Å². The van der Waals surface area contributed by atoms with E-state index in [9.17, 15) is 19.7 Å². The molecular weight excluding hydrogens is 410 g/mol. The molecule has 8 heteroatoms. The zero-order valence-corrected chi connectivity index (χ0v) is 18.0. The van der Waals surface area contributed by atoms with Crippen molar-refractivity contribution in [2.45, 2.75) is 44.8 Å². The van der Waals surface area contributed by atoms with Crippen molar-refractivity contribution in [3.8, 4) is 0 Å². The van der Waals surface area contributed by atoms with Crippen LogP contribution in [0, 0.1) is 16.0 Å². The van der Waals surface area contributed by atoms with Crippen LogP contribution in [0.25, 0.3) is 0 Å². The Labute approximate surface area is 186 Å². The lowest BCUT2D eigenvalue weighted by molar-refractivity contribution is -0.384. The van der Waals surface area contributed by atoms with E-state index in [2.05, 4.69) is 17.1 Å². The molecule has 1 amide bonds. The number of esters is 1. The van der Waals surface area contributed by atoms with Gasteiger partial charge in [-0.05, 0) is 37.7 Å². The standard InChI is InChI=1S/C24H27N3O5/c1-16-11-13-26(14-12-16)21-10-9-19(27(30)31)15-20(21)24(29)32-22(17-5-3-2-4-6-17)23(28)25-18-7-8-18/h2-6,9-10,15-16,18,22H,7-8,11-14H2,1H3,(H,25,28)/t22-/m0/s1. The predicted octanol–water partition coefficient (Wildman–Crippen LogP) is 4.01. The first kappa shape index (κ1) is 21.8. The van der Waals surface area contributed by atoms with Crippen molar-refractivity contribution in [2.24, 2.45) is 5.92 Å². The van der Waals surface area contributed by atoms with Gasteiger partial charge in [-0.1, -0.05) is 37.3 Å². The number of nitro groups is 1. The third-order valence-electron chi connectivity index (χ3n) is 6.02. The quantitative estimate of drug-likeness (QED) is 0.399. The van der Waals surface area contributed by atoms with E-state index >= 15 is 0 Å². The second-order valence-corrected chi connectivity index (χ2v) is 8.61. The van der Waals surface area contributed by atoms with Gasteiger partial charge in [0.1, 0.15) is 0 Å². The van der Waals surface area contributed by atoms with Gasteiger partial charge in [-0.3, -0.25) is 14.9 Å². The van der Waals surface area contributed by atoms with E-state index in [-0.39, 0.29) is 23.2 Å². The molecule has 2 aromatic rings. The average Bonchev–Trinajstić information content (AvgIpc) is 3.62. The number of nitro benzene ring substituents is 1. The van der Waals surface area contributed by atoms with Crippen molar-refractivity contribution in [3.63, 3.8) is 0 Å². The molecule has 2 aliphatic rings. The van der Waals surface area contributed by atoms with Crippen molar-refractivity contribution in [2.75, 3.05) is 18.0 Å². The third-order valence-corrected chi connectivity index (χ3v) is 6.02. The molecule has 1 aliphatic carbocycles. The molecule has 0 radical (unpaired) electrons. The number of benzene rings is 2. The monoisotopic (exact) mass is 437 g/mol. The molecule has 32 heavy (non-hydrogen) atoms. The van der Waals surface area contributed by atoms with Crippen LogP contribution in [-0.4, -0.2) is 35.9 Å². The normalized spacial score (nSPS) is 17.5. The van der Waals surface area contributed by atoms with Crippen molar-refractivity contribution < 1.29 is 19.2 Å². The first-order valence-corrected chi connectivity index (χ1v) is 11.0. The number of anilines is 1. The number of ether oxygens (including phenoxy) is 1. The molecule has 0 spiro atoms.